The summed E-state index contributed by atoms with van der Waals surface area (Å²) in [4.78, 5) is 24.2. The molecule has 14 heteroatoms. The molecular formula is C22H26FN6O6P. The van der Waals surface area contributed by atoms with Crippen molar-refractivity contribution in [1.29, 1.82) is 0 Å². The summed E-state index contributed by atoms with van der Waals surface area (Å²) in [6.45, 7) is 3.37. The highest BCUT2D eigenvalue weighted by molar-refractivity contribution is 7.61. The summed E-state index contributed by atoms with van der Waals surface area (Å²) >= 11 is 0. The fourth-order valence-corrected chi connectivity index (χ4v) is 5.23. The molecular weight excluding hydrogens is 494 g/mol. The number of nitrogens with one attached hydrogen (secondary N) is 1. The molecule has 3 heterocycles. The van der Waals surface area contributed by atoms with Crippen LogP contribution in [0.3, 0.4) is 0 Å². The Balaban J connectivity index is 1.45. The minimum absolute atomic E-state index is 0.148. The molecule has 1 aliphatic rings. The van der Waals surface area contributed by atoms with Crippen LogP contribution in [0.15, 0.2) is 54.9 Å². The molecule has 4 rings (SSSR count). The Bertz CT molecular complexity index is 1290. The van der Waals surface area contributed by atoms with Crippen molar-refractivity contribution in [3.8, 4) is 5.75 Å². The van der Waals surface area contributed by atoms with E-state index >= 15 is 0 Å². The number of hydrogen-bond acceptors (Lipinski definition) is 10. The Morgan fingerprint density at radius 1 is 1.28 bits per heavy atom. The van der Waals surface area contributed by atoms with Gasteiger partial charge in [0.15, 0.2) is 36.2 Å². The molecule has 0 spiro atoms. The number of nitrogens with zero attached hydrogens (tertiary/aromatic N) is 4. The van der Waals surface area contributed by atoms with Crippen molar-refractivity contribution in [2.45, 2.75) is 32.4 Å². The topological polar surface area (TPSA) is 153 Å². The number of carbonyl (C=O) groups excluding carboxylic acids is 1. The summed E-state index contributed by atoms with van der Waals surface area (Å²) in [6, 6.07) is 7.86. The third-order valence-corrected chi connectivity index (χ3v) is 7.10. The van der Waals surface area contributed by atoms with Gasteiger partial charge in [0, 0.05) is 6.08 Å². The Kier molecular flexibility index (Phi) is 7.94. The molecule has 192 valence electrons. The van der Waals surface area contributed by atoms with Crippen LogP contribution in [0, 0.1) is 0 Å². The molecule has 4 atom stereocenters. The number of hydrogen-bond donors (Lipinski definition) is 2. The molecule has 0 saturated heterocycles. The lowest BCUT2D eigenvalue weighted by molar-refractivity contribution is -0.144. The first kappa shape index (κ1) is 25.7. The SMILES string of the molecule is CCOC(=O)C(C)N[P@@](=O)(COc1ccccc1)CO[C@@H]1C=C(F)C(n2cnc3c(N)ncnc32)O1. The fourth-order valence-electron chi connectivity index (χ4n) is 3.45. The number of aromatic nitrogens is 4. The van der Waals surface area contributed by atoms with Crippen LogP contribution < -0.4 is 15.6 Å². The van der Waals surface area contributed by atoms with Crippen LogP contribution in [-0.4, -0.2) is 57.1 Å². The first-order chi connectivity index (χ1) is 17.3. The molecule has 2 unspecified atom stereocenters. The number of carbonyl (C=O) groups is 1. The number of anilines is 1. The smallest absolute Gasteiger partial charge is 0.323 e. The van der Waals surface area contributed by atoms with Crippen molar-refractivity contribution in [3.05, 3.63) is 54.9 Å². The number of benzene rings is 1. The van der Waals surface area contributed by atoms with Crippen molar-refractivity contribution >= 4 is 30.2 Å². The van der Waals surface area contributed by atoms with Gasteiger partial charge in [0.2, 0.25) is 7.29 Å². The van der Waals surface area contributed by atoms with E-state index < -0.39 is 44.0 Å². The normalized spacial score (nSPS) is 20.0. The Morgan fingerprint density at radius 3 is 2.81 bits per heavy atom. The number of fused-ring (bicyclic) bond motifs is 1. The van der Waals surface area contributed by atoms with Gasteiger partial charge in [-0.05, 0) is 26.0 Å². The highest BCUT2D eigenvalue weighted by Crippen LogP contribution is 2.43. The van der Waals surface area contributed by atoms with Crippen LogP contribution >= 0.6 is 7.29 Å². The summed E-state index contributed by atoms with van der Waals surface area (Å²) in [5, 5.41) is 2.77. The van der Waals surface area contributed by atoms with Crippen molar-refractivity contribution in [3.63, 3.8) is 0 Å². The molecule has 36 heavy (non-hydrogen) atoms. The van der Waals surface area contributed by atoms with E-state index in [2.05, 4.69) is 20.0 Å². The second kappa shape index (κ2) is 11.1. The van der Waals surface area contributed by atoms with Gasteiger partial charge in [-0.2, -0.15) is 0 Å². The van der Waals surface area contributed by atoms with E-state index in [4.69, 9.17) is 24.7 Å². The van der Waals surface area contributed by atoms with Crippen LogP contribution in [0.4, 0.5) is 10.2 Å². The molecule has 0 amide bonds. The number of ether oxygens (including phenoxy) is 4. The van der Waals surface area contributed by atoms with Gasteiger partial charge in [-0.1, -0.05) is 18.2 Å². The summed E-state index contributed by atoms with van der Waals surface area (Å²) < 4.78 is 51.8. The second-order valence-electron chi connectivity index (χ2n) is 7.87. The molecule has 0 bridgehead atoms. The third-order valence-electron chi connectivity index (χ3n) is 5.13. The zero-order chi connectivity index (χ0) is 25.7. The van der Waals surface area contributed by atoms with E-state index in [1.165, 1.54) is 24.1 Å². The van der Waals surface area contributed by atoms with Gasteiger partial charge in [-0.15, -0.1) is 0 Å². The maximum Gasteiger partial charge on any atom is 0.323 e. The monoisotopic (exact) mass is 520 g/mol. The Labute approximate surface area is 206 Å². The van der Waals surface area contributed by atoms with Gasteiger partial charge >= 0.3 is 5.97 Å². The maximum atomic E-state index is 14.8. The average molecular weight is 520 g/mol. The second-order valence-corrected chi connectivity index (χ2v) is 10.4. The fraction of sp³-hybridized carbons (Fsp3) is 0.364. The zero-order valence-corrected chi connectivity index (χ0v) is 20.5. The van der Waals surface area contributed by atoms with Gasteiger partial charge in [-0.25, -0.2) is 24.4 Å². The van der Waals surface area contributed by atoms with Crippen LogP contribution in [0.5, 0.6) is 5.75 Å². The minimum Gasteiger partial charge on any atom is -0.484 e. The van der Waals surface area contributed by atoms with Crippen molar-refractivity contribution in [1.82, 2.24) is 24.6 Å². The third kappa shape index (κ3) is 5.88. The summed E-state index contributed by atoms with van der Waals surface area (Å²) in [5.41, 5.74) is 6.38. The number of esters is 1. The standard InChI is InChI=1S/C22H26FN6O6P/c1-3-32-22(30)14(2)28-36(31,12-33-15-7-5-4-6-8-15)13-34-17-9-16(23)21(35-17)29-11-27-18-19(24)25-10-26-20(18)29/h4-11,14,17,21H,3,12-13H2,1-2H3,(H,28,31)(H2,24,25,26)/t14?,17-,21?,36+/m0/s1. The Hall–Kier alpha value is -3.38. The molecule has 1 aliphatic heterocycles. The minimum atomic E-state index is -3.50. The largest absolute Gasteiger partial charge is 0.484 e. The summed E-state index contributed by atoms with van der Waals surface area (Å²) in [7, 11) is -3.50. The van der Waals surface area contributed by atoms with Crippen LogP contribution in [-0.2, 0) is 23.6 Å². The zero-order valence-electron chi connectivity index (χ0n) is 19.6. The summed E-state index contributed by atoms with van der Waals surface area (Å²) in [5.74, 6) is -0.594. The van der Waals surface area contributed by atoms with Crippen LogP contribution in [0.1, 0.15) is 20.1 Å². The van der Waals surface area contributed by atoms with E-state index in [-0.39, 0.29) is 24.4 Å². The molecule has 0 saturated carbocycles. The number of para-hydroxylation sites is 1. The van der Waals surface area contributed by atoms with E-state index in [1.807, 2.05) is 6.07 Å². The van der Waals surface area contributed by atoms with Crippen LogP contribution in [0.25, 0.3) is 11.2 Å². The lowest BCUT2D eigenvalue weighted by Gasteiger charge is -2.24. The van der Waals surface area contributed by atoms with E-state index in [0.29, 0.717) is 11.3 Å². The lowest BCUT2D eigenvalue weighted by atomic mass is 10.3. The van der Waals surface area contributed by atoms with Gasteiger partial charge in [-0.3, -0.25) is 9.36 Å². The van der Waals surface area contributed by atoms with Crippen LogP contribution in [0.2, 0.25) is 0 Å². The number of halogens is 1. The quantitative estimate of drug-likeness (QED) is 0.283. The van der Waals surface area contributed by atoms with Gasteiger partial charge < -0.3 is 29.2 Å². The molecule has 12 nitrogen and oxygen atoms in total. The highest BCUT2D eigenvalue weighted by Gasteiger charge is 2.35. The lowest BCUT2D eigenvalue weighted by Crippen LogP contribution is -2.36. The molecule has 0 fully saturated rings. The number of nitrogen functional groups attached to an aromatic ring is 1. The van der Waals surface area contributed by atoms with E-state index in [1.54, 1.807) is 31.2 Å². The predicted octanol–water partition coefficient (Wildman–Crippen LogP) is 2.95. The molecule has 3 aromatic rings. The number of imidazole rings is 1. The van der Waals surface area contributed by atoms with Gasteiger partial charge in [0.1, 0.15) is 30.0 Å². The average Bonchev–Trinajstić information content (AvgIpc) is 3.46. The van der Waals surface area contributed by atoms with Crippen molar-refractivity contribution in [2.24, 2.45) is 0 Å². The van der Waals surface area contributed by atoms with E-state index in [9.17, 15) is 13.8 Å². The first-order valence-corrected chi connectivity index (χ1v) is 13.1. The van der Waals surface area contributed by atoms with Gasteiger partial charge in [0.25, 0.3) is 0 Å². The number of rotatable bonds is 11. The van der Waals surface area contributed by atoms with E-state index in [0.717, 1.165) is 6.08 Å². The first-order valence-electron chi connectivity index (χ1n) is 11.1. The molecule has 0 aliphatic carbocycles. The highest BCUT2D eigenvalue weighted by atomic mass is 31.2. The molecule has 0 radical (unpaired) electrons. The van der Waals surface area contributed by atoms with Crippen molar-refractivity contribution in [2.75, 3.05) is 25.0 Å². The predicted molar refractivity (Wildman–Crippen MR) is 128 cm³/mol. The van der Waals surface area contributed by atoms with Gasteiger partial charge in [0.05, 0.1) is 12.9 Å². The molecule has 3 N–H and O–H groups in total. The summed E-state index contributed by atoms with van der Waals surface area (Å²) in [6.07, 6.45) is 0.600. The molecule has 1 aromatic carbocycles. The molecule has 2 aromatic heterocycles. The number of nitrogens with two attached hydrogens (primary N) is 1. The Morgan fingerprint density at radius 2 is 2.06 bits per heavy atom. The van der Waals surface area contributed by atoms with Crippen molar-refractivity contribution < 1.29 is 32.7 Å². The maximum absolute atomic E-state index is 14.8.